The zero-order valence-corrected chi connectivity index (χ0v) is 21.8. The number of hydrogen-bond donors (Lipinski definition) is 1. The molecule has 0 saturated heterocycles. The molecule has 0 saturated carbocycles. The maximum atomic E-state index is 13.5. The van der Waals surface area contributed by atoms with Crippen molar-refractivity contribution in [2.24, 2.45) is 5.92 Å². The molecule has 1 aliphatic carbocycles. The first-order valence-electron chi connectivity index (χ1n) is 12.6. The van der Waals surface area contributed by atoms with E-state index in [2.05, 4.69) is 47.8 Å². The first kappa shape index (κ1) is 23.8. The Morgan fingerprint density at radius 2 is 1.76 bits per heavy atom. The lowest BCUT2D eigenvalue weighted by atomic mass is 9.76. The molecular weight excluding hydrogens is 480 g/mol. The van der Waals surface area contributed by atoms with E-state index >= 15 is 0 Å². The van der Waals surface area contributed by atoms with Crippen LogP contribution in [0.4, 0.5) is 5.69 Å². The van der Waals surface area contributed by atoms with Crippen molar-refractivity contribution < 1.29 is 13.2 Å². The molecular formula is C31H30N2O3S. The van der Waals surface area contributed by atoms with Crippen LogP contribution in [0.3, 0.4) is 0 Å². The Morgan fingerprint density at radius 3 is 2.57 bits per heavy atom. The molecule has 4 aromatic carbocycles. The number of methoxy groups -OCH3 is 1. The van der Waals surface area contributed by atoms with E-state index in [1.165, 1.54) is 15.1 Å². The summed E-state index contributed by atoms with van der Waals surface area (Å²) in [7, 11) is -0.283. The summed E-state index contributed by atoms with van der Waals surface area (Å²) in [6, 6.07) is 27.8. The average Bonchev–Trinajstić information content (AvgIpc) is 3.43. The summed E-state index contributed by atoms with van der Waals surface area (Å²) in [6.07, 6.45) is 5.37. The van der Waals surface area contributed by atoms with Crippen LogP contribution in [0.1, 0.15) is 35.1 Å². The fourth-order valence-corrected chi connectivity index (χ4v) is 7.09. The summed E-state index contributed by atoms with van der Waals surface area (Å²) >= 11 is 0. The molecule has 1 aliphatic heterocycles. The Hall–Kier alpha value is -3.61. The van der Waals surface area contributed by atoms with Crippen LogP contribution in [0.15, 0.2) is 102 Å². The molecule has 1 N–H and O–H groups in total. The van der Waals surface area contributed by atoms with Gasteiger partial charge in [0.1, 0.15) is 5.75 Å². The van der Waals surface area contributed by atoms with E-state index in [0.29, 0.717) is 11.4 Å². The van der Waals surface area contributed by atoms with Gasteiger partial charge in [-0.25, -0.2) is 8.42 Å². The molecule has 5 nitrogen and oxygen atoms in total. The minimum absolute atomic E-state index is 0.0387. The lowest BCUT2D eigenvalue weighted by Crippen LogP contribution is -2.30. The monoisotopic (exact) mass is 510 g/mol. The molecule has 0 fully saturated rings. The summed E-state index contributed by atoms with van der Waals surface area (Å²) in [5.41, 5.74) is 4.11. The normalized spacial score (nSPS) is 20.5. The van der Waals surface area contributed by atoms with Gasteiger partial charge in [-0.05, 0) is 58.5 Å². The van der Waals surface area contributed by atoms with Crippen molar-refractivity contribution in [3.8, 4) is 5.75 Å². The number of fused-ring (bicyclic) bond motifs is 4. The standard InChI is InChI=1S/C31H30N2O3S/c1-33(20-21-9-4-3-5-10-21)37(34,35)23-16-17-28-27(19-23)25-13-8-14-26(25)31(32-28)30-24-12-7-6-11-22(24)15-18-29(30)36-2/h3-13,15-19,25-26,31-32H,14,20H2,1-2H3. The molecule has 3 atom stereocenters. The SMILES string of the molecule is COc1ccc2ccccc2c1C1Nc2ccc(S(=O)(=O)N(C)Cc3ccccc3)cc2C2C=CCC21. The number of anilines is 1. The van der Waals surface area contributed by atoms with E-state index in [-0.39, 0.29) is 17.9 Å². The maximum absolute atomic E-state index is 13.5. The largest absolute Gasteiger partial charge is 0.496 e. The number of nitrogens with one attached hydrogen (secondary N) is 1. The molecule has 2 aliphatic rings. The van der Waals surface area contributed by atoms with Crippen molar-refractivity contribution in [2.45, 2.75) is 29.8 Å². The molecule has 3 unspecified atom stereocenters. The number of sulfonamides is 1. The van der Waals surface area contributed by atoms with Gasteiger partial charge in [0, 0.05) is 30.8 Å². The fraction of sp³-hybridized carbons (Fsp3) is 0.226. The molecule has 0 aromatic heterocycles. The molecule has 0 bridgehead atoms. The predicted molar refractivity (Wildman–Crippen MR) is 148 cm³/mol. The molecule has 6 rings (SSSR count). The summed E-state index contributed by atoms with van der Waals surface area (Å²) in [5.74, 6) is 1.25. The lowest BCUT2D eigenvalue weighted by molar-refractivity contribution is 0.383. The zero-order chi connectivity index (χ0) is 25.6. The quantitative estimate of drug-likeness (QED) is 0.301. The van der Waals surface area contributed by atoms with Crippen molar-refractivity contribution >= 4 is 26.5 Å². The second-order valence-corrected chi connectivity index (χ2v) is 11.9. The van der Waals surface area contributed by atoms with Crippen LogP contribution in [-0.4, -0.2) is 26.9 Å². The van der Waals surface area contributed by atoms with Crippen molar-refractivity contribution in [3.05, 3.63) is 114 Å². The smallest absolute Gasteiger partial charge is 0.243 e. The third-order valence-electron chi connectivity index (χ3n) is 7.75. The molecule has 4 aromatic rings. The summed E-state index contributed by atoms with van der Waals surface area (Å²) < 4.78 is 34.3. The highest BCUT2D eigenvalue weighted by atomic mass is 32.2. The van der Waals surface area contributed by atoms with Gasteiger partial charge < -0.3 is 10.1 Å². The van der Waals surface area contributed by atoms with Gasteiger partial charge >= 0.3 is 0 Å². The Bertz CT molecular complexity index is 1600. The first-order valence-corrected chi connectivity index (χ1v) is 14.0. The molecule has 1 heterocycles. The number of hydrogen-bond acceptors (Lipinski definition) is 4. The van der Waals surface area contributed by atoms with Gasteiger partial charge in [-0.1, -0.05) is 72.8 Å². The first-order chi connectivity index (χ1) is 18.0. The molecule has 188 valence electrons. The van der Waals surface area contributed by atoms with Gasteiger partial charge in [-0.15, -0.1) is 0 Å². The van der Waals surface area contributed by atoms with E-state index < -0.39 is 10.0 Å². The van der Waals surface area contributed by atoms with Gasteiger partial charge in [0.25, 0.3) is 0 Å². The maximum Gasteiger partial charge on any atom is 0.243 e. The Labute approximate surface area is 218 Å². The number of ether oxygens (including phenoxy) is 1. The highest BCUT2D eigenvalue weighted by Gasteiger charge is 2.40. The fourth-order valence-electron chi connectivity index (χ4n) is 5.90. The number of nitrogens with zero attached hydrogens (tertiary/aromatic N) is 1. The average molecular weight is 511 g/mol. The van der Waals surface area contributed by atoms with Crippen LogP contribution in [0.5, 0.6) is 5.75 Å². The summed E-state index contributed by atoms with van der Waals surface area (Å²) in [6.45, 7) is 0.327. The van der Waals surface area contributed by atoms with Gasteiger partial charge in [-0.3, -0.25) is 0 Å². The van der Waals surface area contributed by atoms with Gasteiger partial charge in [0.2, 0.25) is 10.0 Å². The van der Waals surface area contributed by atoms with E-state index in [0.717, 1.165) is 34.5 Å². The number of rotatable bonds is 6. The van der Waals surface area contributed by atoms with E-state index in [1.807, 2.05) is 48.5 Å². The van der Waals surface area contributed by atoms with Crippen LogP contribution >= 0.6 is 0 Å². The molecule has 0 amide bonds. The second kappa shape index (κ2) is 9.36. The van der Waals surface area contributed by atoms with Crippen LogP contribution < -0.4 is 10.1 Å². The molecule has 37 heavy (non-hydrogen) atoms. The molecule has 0 spiro atoms. The third-order valence-corrected chi connectivity index (χ3v) is 9.55. The van der Waals surface area contributed by atoms with Crippen molar-refractivity contribution in [2.75, 3.05) is 19.5 Å². The van der Waals surface area contributed by atoms with E-state index in [9.17, 15) is 8.42 Å². The van der Waals surface area contributed by atoms with Crippen LogP contribution in [0.2, 0.25) is 0 Å². The predicted octanol–water partition coefficient (Wildman–Crippen LogP) is 6.50. The van der Waals surface area contributed by atoms with Crippen LogP contribution in [0, 0.1) is 5.92 Å². The zero-order valence-electron chi connectivity index (χ0n) is 21.0. The van der Waals surface area contributed by atoms with Crippen molar-refractivity contribution in [1.29, 1.82) is 0 Å². The molecule has 0 radical (unpaired) electrons. The topological polar surface area (TPSA) is 58.6 Å². The second-order valence-electron chi connectivity index (χ2n) is 9.87. The van der Waals surface area contributed by atoms with Gasteiger partial charge in [0.15, 0.2) is 0 Å². The Kier molecular flexibility index (Phi) is 6.01. The van der Waals surface area contributed by atoms with Crippen molar-refractivity contribution in [1.82, 2.24) is 4.31 Å². The third kappa shape index (κ3) is 4.10. The van der Waals surface area contributed by atoms with Crippen LogP contribution in [-0.2, 0) is 16.6 Å². The lowest BCUT2D eigenvalue weighted by Gasteiger charge is -2.38. The Morgan fingerprint density at radius 1 is 0.973 bits per heavy atom. The van der Waals surface area contributed by atoms with Crippen molar-refractivity contribution in [3.63, 3.8) is 0 Å². The number of benzene rings is 4. The Balaban J connectivity index is 1.39. The summed E-state index contributed by atoms with van der Waals surface area (Å²) in [5, 5.41) is 6.12. The van der Waals surface area contributed by atoms with Gasteiger partial charge in [-0.2, -0.15) is 4.31 Å². The minimum atomic E-state index is -3.64. The van der Waals surface area contributed by atoms with E-state index in [4.69, 9.17) is 4.74 Å². The highest BCUT2D eigenvalue weighted by Crippen LogP contribution is 2.52. The summed E-state index contributed by atoms with van der Waals surface area (Å²) in [4.78, 5) is 0.326. The molecule has 6 heteroatoms. The minimum Gasteiger partial charge on any atom is -0.496 e. The van der Waals surface area contributed by atoms with Gasteiger partial charge in [0.05, 0.1) is 18.0 Å². The van der Waals surface area contributed by atoms with E-state index in [1.54, 1.807) is 20.2 Å². The van der Waals surface area contributed by atoms with Crippen LogP contribution in [0.25, 0.3) is 10.8 Å². The highest BCUT2D eigenvalue weighted by molar-refractivity contribution is 7.89. The number of allylic oxidation sites excluding steroid dienone is 2.